The summed E-state index contributed by atoms with van der Waals surface area (Å²) in [6.45, 7) is 6.47. The number of rotatable bonds is 51. The highest BCUT2D eigenvalue weighted by Crippen LogP contribution is 2.16. The van der Waals surface area contributed by atoms with Gasteiger partial charge >= 0.3 is 17.9 Å². The van der Waals surface area contributed by atoms with E-state index in [0.29, 0.717) is 19.3 Å². The first-order valence-corrected chi connectivity index (χ1v) is 28.4. The van der Waals surface area contributed by atoms with Gasteiger partial charge in [-0.25, -0.2) is 0 Å². The van der Waals surface area contributed by atoms with Crippen molar-refractivity contribution in [3.63, 3.8) is 0 Å². The molecule has 0 aliphatic rings. The van der Waals surface area contributed by atoms with Crippen LogP contribution in [0.5, 0.6) is 0 Å². The zero-order chi connectivity index (χ0) is 48.6. The number of esters is 3. The zero-order valence-electron chi connectivity index (χ0n) is 44.2. The Balaban J connectivity index is 3.95. The van der Waals surface area contributed by atoms with Gasteiger partial charge in [0.1, 0.15) is 13.2 Å². The summed E-state index contributed by atoms with van der Waals surface area (Å²) < 4.78 is 16.7. The predicted molar refractivity (Wildman–Crippen MR) is 288 cm³/mol. The third-order valence-electron chi connectivity index (χ3n) is 12.2. The molecule has 1 unspecified atom stereocenters. The first-order valence-electron chi connectivity index (χ1n) is 28.4. The molecule has 67 heavy (non-hydrogen) atoms. The maximum absolute atomic E-state index is 12.7. The second kappa shape index (κ2) is 55.4. The molecule has 0 aromatic heterocycles. The van der Waals surface area contributed by atoms with Crippen LogP contribution in [0, 0.1) is 0 Å². The highest BCUT2D eigenvalue weighted by Gasteiger charge is 2.19. The third-order valence-corrected chi connectivity index (χ3v) is 12.2. The summed E-state index contributed by atoms with van der Waals surface area (Å²) in [6, 6.07) is 0. The standard InChI is InChI=1S/C61H106O6/c1-4-7-10-13-16-18-19-20-21-22-23-24-25-26-27-28-29-30-31-32-33-34-35-36-37-38-39-40-41-43-45-48-51-54-60(63)66-57-58(56-65-59(62)53-50-47-44-15-12-9-6-3)67-61(64)55-52-49-46-42-17-14-11-8-5-2/h7,10,16,18,20-21,23-24,26-27,29-30,58H,4-6,8-9,11-15,17,19,22,25,28,31-57H2,1-3H3/b10-7-,18-16-,21-20-,24-23-,27-26-,30-29-. The Morgan fingerprint density at radius 1 is 0.313 bits per heavy atom. The van der Waals surface area contributed by atoms with Crippen molar-refractivity contribution in [3.8, 4) is 0 Å². The number of ether oxygens (including phenoxy) is 3. The monoisotopic (exact) mass is 935 g/mol. The quantitative estimate of drug-likeness (QED) is 0.0262. The first kappa shape index (κ1) is 63.8. The molecule has 0 spiro atoms. The van der Waals surface area contributed by atoms with Gasteiger partial charge < -0.3 is 14.2 Å². The van der Waals surface area contributed by atoms with Crippen LogP contribution < -0.4 is 0 Å². The van der Waals surface area contributed by atoms with Gasteiger partial charge in [0.15, 0.2) is 6.10 Å². The Bertz CT molecular complexity index is 1260. The highest BCUT2D eigenvalue weighted by molar-refractivity contribution is 5.71. The highest BCUT2D eigenvalue weighted by atomic mass is 16.6. The van der Waals surface area contributed by atoms with Gasteiger partial charge in [0.25, 0.3) is 0 Å². The van der Waals surface area contributed by atoms with Crippen molar-refractivity contribution in [2.45, 2.75) is 284 Å². The molecular formula is C61H106O6. The predicted octanol–water partition coefficient (Wildman–Crippen LogP) is 19.0. The Morgan fingerprint density at radius 3 is 0.910 bits per heavy atom. The lowest BCUT2D eigenvalue weighted by molar-refractivity contribution is -0.167. The number of allylic oxidation sites excluding steroid dienone is 12. The Hall–Kier alpha value is -3.15. The molecule has 0 heterocycles. The van der Waals surface area contributed by atoms with E-state index in [1.165, 1.54) is 141 Å². The molecule has 0 bridgehead atoms. The molecule has 0 aliphatic carbocycles. The molecule has 0 aromatic carbocycles. The maximum atomic E-state index is 12.7. The molecule has 6 heteroatoms. The summed E-state index contributed by atoms with van der Waals surface area (Å²) in [5.74, 6) is -0.875. The molecule has 0 saturated carbocycles. The van der Waals surface area contributed by atoms with E-state index in [2.05, 4.69) is 93.7 Å². The van der Waals surface area contributed by atoms with Crippen LogP contribution in [0.1, 0.15) is 278 Å². The van der Waals surface area contributed by atoms with E-state index in [0.717, 1.165) is 96.3 Å². The minimum Gasteiger partial charge on any atom is -0.462 e. The largest absolute Gasteiger partial charge is 0.462 e. The summed E-state index contributed by atoms with van der Waals surface area (Å²) in [5.41, 5.74) is 0. The summed E-state index contributed by atoms with van der Waals surface area (Å²) >= 11 is 0. The van der Waals surface area contributed by atoms with Crippen molar-refractivity contribution in [2.24, 2.45) is 0 Å². The van der Waals surface area contributed by atoms with Crippen molar-refractivity contribution >= 4 is 17.9 Å². The number of unbranched alkanes of at least 4 members (excludes halogenated alkanes) is 28. The van der Waals surface area contributed by atoms with Gasteiger partial charge in [0.2, 0.25) is 0 Å². The van der Waals surface area contributed by atoms with Crippen molar-refractivity contribution < 1.29 is 28.6 Å². The smallest absolute Gasteiger partial charge is 0.306 e. The molecule has 0 fully saturated rings. The van der Waals surface area contributed by atoms with E-state index < -0.39 is 6.10 Å². The van der Waals surface area contributed by atoms with Crippen LogP contribution in [-0.2, 0) is 28.6 Å². The molecule has 386 valence electrons. The topological polar surface area (TPSA) is 78.9 Å². The van der Waals surface area contributed by atoms with E-state index >= 15 is 0 Å². The van der Waals surface area contributed by atoms with Crippen LogP contribution in [0.2, 0.25) is 0 Å². The van der Waals surface area contributed by atoms with Crippen molar-refractivity contribution in [1.82, 2.24) is 0 Å². The number of carbonyl (C=O) groups is 3. The second-order valence-corrected chi connectivity index (χ2v) is 18.8. The molecule has 1 atom stereocenters. The molecule has 0 rings (SSSR count). The van der Waals surface area contributed by atoms with Gasteiger partial charge in [-0.2, -0.15) is 0 Å². The SMILES string of the molecule is CC/C=C\C/C=C\C/C=C\C/C=C\C/C=C\C/C=C\CCCCCCCCCCCCCCCCC(=O)OCC(COC(=O)CCCCCCCCC)OC(=O)CCCCCCCCCCC. The van der Waals surface area contributed by atoms with Gasteiger partial charge in [-0.1, -0.05) is 261 Å². The van der Waals surface area contributed by atoms with E-state index in [1.807, 2.05) is 0 Å². The molecular weight excluding hydrogens is 829 g/mol. The van der Waals surface area contributed by atoms with Crippen LogP contribution in [0.15, 0.2) is 72.9 Å². The van der Waals surface area contributed by atoms with Crippen LogP contribution in [0.3, 0.4) is 0 Å². The minimum atomic E-state index is -0.766. The summed E-state index contributed by atoms with van der Waals surface area (Å²) in [7, 11) is 0. The summed E-state index contributed by atoms with van der Waals surface area (Å²) in [5, 5.41) is 0. The lowest BCUT2D eigenvalue weighted by Gasteiger charge is -2.18. The zero-order valence-corrected chi connectivity index (χ0v) is 44.2. The molecule has 0 amide bonds. The normalized spacial score (nSPS) is 12.6. The van der Waals surface area contributed by atoms with Crippen LogP contribution in [0.4, 0.5) is 0 Å². The van der Waals surface area contributed by atoms with Gasteiger partial charge in [-0.05, 0) is 70.6 Å². The fraction of sp³-hybridized carbons (Fsp3) is 0.754. The fourth-order valence-corrected chi connectivity index (χ4v) is 7.98. The van der Waals surface area contributed by atoms with E-state index in [1.54, 1.807) is 0 Å². The number of carbonyl (C=O) groups excluding carboxylic acids is 3. The maximum Gasteiger partial charge on any atom is 0.306 e. The van der Waals surface area contributed by atoms with Gasteiger partial charge in [-0.3, -0.25) is 14.4 Å². The fourth-order valence-electron chi connectivity index (χ4n) is 7.98. The summed E-state index contributed by atoms with van der Waals surface area (Å²) in [6.07, 6.45) is 70.8. The van der Waals surface area contributed by atoms with Gasteiger partial charge in [0, 0.05) is 19.3 Å². The van der Waals surface area contributed by atoms with Gasteiger partial charge in [-0.15, -0.1) is 0 Å². The molecule has 0 saturated heterocycles. The van der Waals surface area contributed by atoms with E-state index in [-0.39, 0.29) is 31.1 Å². The first-order chi connectivity index (χ1) is 33.0. The minimum absolute atomic E-state index is 0.0710. The van der Waals surface area contributed by atoms with Crippen molar-refractivity contribution in [3.05, 3.63) is 72.9 Å². The number of hydrogen-bond donors (Lipinski definition) is 0. The lowest BCUT2D eigenvalue weighted by Crippen LogP contribution is -2.30. The second-order valence-electron chi connectivity index (χ2n) is 18.8. The molecule has 6 nitrogen and oxygen atoms in total. The van der Waals surface area contributed by atoms with Gasteiger partial charge in [0.05, 0.1) is 0 Å². The Morgan fingerprint density at radius 2 is 0.582 bits per heavy atom. The van der Waals surface area contributed by atoms with Crippen molar-refractivity contribution in [1.29, 1.82) is 0 Å². The Labute approximate surface area is 414 Å². The lowest BCUT2D eigenvalue weighted by atomic mass is 10.0. The molecule has 0 aromatic rings. The Kier molecular flexibility index (Phi) is 52.8. The third kappa shape index (κ3) is 53.7. The van der Waals surface area contributed by atoms with Crippen LogP contribution >= 0.6 is 0 Å². The van der Waals surface area contributed by atoms with E-state index in [9.17, 15) is 14.4 Å². The molecule has 0 aliphatic heterocycles. The number of hydrogen-bond acceptors (Lipinski definition) is 6. The molecule has 0 N–H and O–H groups in total. The van der Waals surface area contributed by atoms with E-state index in [4.69, 9.17) is 14.2 Å². The average Bonchev–Trinajstić information content (AvgIpc) is 3.33. The van der Waals surface area contributed by atoms with Crippen molar-refractivity contribution in [2.75, 3.05) is 13.2 Å². The summed E-state index contributed by atoms with van der Waals surface area (Å²) in [4.78, 5) is 37.7. The average molecular weight is 936 g/mol. The van der Waals surface area contributed by atoms with Crippen LogP contribution in [-0.4, -0.2) is 37.2 Å². The molecule has 0 radical (unpaired) electrons. The van der Waals surface area contributed by atoms with Crippen LogP contribution in [0.25, 0.3) is 0 Å².